The molecular formula is C15H13BrCl2O. The molecule has 19 heavy (non-hydrogen) atoms. The van der Waals surface area contributed by atoms with Crippen LogP contribution in [0.15, 0.2) is 46.9 Å². The van der Waals surface area contributed by atoms with Crippen LogP contribution in [0.2, 0.25) is 5.02 Å². The van der Waals surface area contributed by atoms with Crippen LogP contribution in [0.3, 0.4) is 0 Å². The second-order valence-electron chi connectivity index (χ2n) is 4.19. The molecule has 0 saturated carbocycles. The average Bonchev–Trinajstić information content (AvgIpc) is 2.42. The van der Waals surface area contributed by atoms with Crippen LogP contribution in [0.5, 0.6) is 5.75 Å². The minimum Gasteiger partial charge on any atom is -0.497 e. The molecule has 100 valence electrons. The molecular weight excluding hydrogens is 347 g/mol. The Hall–Kier alpha value is -0.700. The molecule has 0 radical (unpaired) electrons. The van der Waals surface area contributed by atoms with Gasteiger partial charge in [0.2, 0.25) is 0 Å². The van der Waals surface area contributed by atoms with Crippen LogP contribution in [0, 0.1) is 0 Å². The Bertz CT molecular complexity index is 555. The molecule has 0 amide bonds. The maximum absolute atomic E-state index is 6.50. The number of benzene rings is 2. The summed E-state index contributed by atoms with van der Waals surface area (Å²) >= 11 is 15.9. The summed E-state index contributed by atoms with van der Waals surface area (Å²) in [7, 11) is 1.65. The third kappa shape index (κ3) is 3.88. The van der Waals surface area contributed by atoms with Crippen molar-refractivity contribution in [2.45, 2.75) is 11.8 Å². The van der Waals surface area contributed by atoms with Crippen LogP contribution in [0.4, 0.5) is 0 Å². The van der Waals surface area contributed by atoms with E-state index in [1.807, 2.05) is 42.5 Å². The standard InChI is InChI=1S/C15H13BrCl2O/c1-19-12-6-7-14(16)13(9-12)15(18)8-10-2-4-11(17)5-3-10/h2-7,9,15H,8H2,1H3. The van der Waals surface area contributed by atoms with Crippen molar-refractivity contribution in [3.8, 4) is 5.75 Å². The van der Waals surface area contributed by atoms with Crippen molar-refractivity contribution in [1.29, 1.82) is 0 Å². The zero-order valence-electron chi connectivity index (χ0n) is 10.4. The lowest BCUT2D eigenvalue weighted by atomic mass is 10.0. The van der Waals surface area contributed by atoms with Gasteiger partial charge >= 0.3 is 0 Å². The topological polar surface area (TPSA) is 9.23 Å². The van der Waals surface area contributed by atoms with Crippen molar-refractivity contribution in [2.75, 3.05) is 7.11 Å². The summed E-state index contributed by atoms with van der Waals surface area (Å²) in [5, 5.41) is 0.614. The Morgan fingerprint density at radius 1 is 1.16 bits per heavy atom. The molecule has 0 aliphatic rings. The second kappa shape index (κ2) is 6.65. The largest absolute Gasteiger partial charge is 0.497 e. The number of rotatable bonds is 4. The molecule has 0 bridgehead atoms. The van der Waals surface area contributed by atoms with Crippen molar-refractivity contribution in [2.24, 2.45) is 0 Å². The van der Waals surface area contributed by atoms with Crippen LogP contribution in [0.25, 0.3) is 0 Å². The van der Waals surface area contributed by atoms with E-state index in [2.05, 4.69) is 15.9 Å². The maximum atomic E-state index is 6.50. The minimum absolute atomic E-state index is 0.120. The summed E-state index contributed by atoms with van der Waals surface area (Å²) in [6.45, 7) is 0. The highest BCUT2D eigenvalue weighted by Gasteiger charge is 2.13. The Morgan fingerprint density at radius 2 is 1.84 bits per heavy atom. The smallest absolute Gasteiger partial charge is 0.119 e. The average molecular weight is 360 g/mol. The molecule has 2 aromatic carbocycles. The van der Waals surface area contributed by atoms with E-state index in [4.69, 9.17) is 27.9 Å². The van der Waals surface area contributed by atoms with E-state index in [0.717, 1.165) is 32.8 Å². The van der Waals surface area contributed by atoms with E-state index in [1.165, 1.54) is 0 Å². The van der Waals surface area contributed by atoms with Crippen molar-refractivity contribution in [1.82, 2.24) is 0 Å². The number of ether oxygens (including phenoxy) is 1. The lowest BCUT2D eigenvalue weighted by Gasteiger charge is -2.13. The predicted molar refractivity (Wildman–Crippen MR) is 84.4 cm³/mol. The zero-order chi connectivity index (χ0) is 13.8. The van der Waals surface area contributed by atoms with Crippen LogP contribution in [-0.2, 0) is 6.42 Å². The van der Waals surface area contributed by atoms with Gasteiger partial charge in [0.1, 0.15) is 5.75 Å². The first-order valence-electron chi connectivity index (χ1n) is 5.82. The van der Waals surface area contributed by atoms with Gasteiger partial charge in [-0.2, -0.15) is 0 Å². The first-order chi connectivity index (χ1) is 9.10. The Labute approximate surface area is 131 Å². The summed E-state index contributed by atoms with van der Waals surface area (Å²) in [5.74, 6) is 0.806. The fourth-order valence-electron chi connectivity index (χ4n) is 1.83. The first kappa shape index (κ1) is 14.7. The zero-order valence-corrected chi connectivity index (χ0v) is 13.5. The number of methoxy groups -OCH3 is 1. The molecule has 2 aromatic rings. The third-order valence-corrected chi connectivity index (χ3v) is 4.23. The third-order valence-electron chi connectivity index (χ3n) is 2.87. The molecule has 0 heterocycles. The van der Waals surface area contributed by atoms with Crippen molar-refractivity contribution >= 4 is 39.1 Å². The van der Waals surface area contributed by atoms with Gasteiger partial charge in [0, 0.05) is 9.50 Å². The van der Waals surface area contributed by atoms with Crippen LogP contribution >= 0.6 is 39.1 Å². The van der Waals surface area contributed by atoms with E-state index in [-0.39, 0.29) is 5.38 Å². The van der Waals surface area contributed by atoms with Gasteiger partial charge in [-0.25, -0.2) is 0 Å². The highest BCUT2D eigenvalue weighted by atomic mass is 79.9. The number of alkyl halides is 1. The molecule has 2 rings (SSSR count). The lowest BCUT2D eigenvalue weighted by molar-refractivity contribution is 0.414. The fraction of sp³-hybridized carbons (Fsp3) is 0.200. The molecule has 0 fully saturated rings. The summed E-state index contributed by atoms with van der Waals surface area (Å²) in [6, 6.07) is 13.5. The molecule has 4 heteroatoms. The maximum Gasteiger partial charge on any atom is 0.119 e. The van der Waals surface area contributed by atoms with Crippen molar-refractivity contribution < 1.29 is 4.74 Å². The summed E-state index contributed by atoms with van der Waals surface area (Å²) in [6.07, 6.45) is 0.741. The molecule has 1 unspecified atom stereocenters. The van der Waals surface area contributed by atoms with E-state index >= 15 is 0 Å². The molecule has 0 aromatic heterocycles. The minimum atomic E-state index is -0.120. The van der Waals surface area contributed by atoms with Crippen molar-refractivity contribution in [3.05, 3.63) is 63.1 Å². The highest BCUT2D eigenvalue weighted by molar-refractivity contribution is 9.10. The Balaban J connectivity index is 2.19. The SMILES string of the molecule is COc1ccc(Br)c(C(Cl)Cc2ccc(Cl)cc2)c1. The number of hydrogen-bond acceptors (Lipinski definition) is 1. The Kier molecular flexibility index (Phi) is 5.14. The molecule has 0 N–H and O–H groups in total. The molecule has 1 atom stereocenters. The molecule has 0 aliphatic heterocycles. The summed E-state index contributed by atoms with van der Waals surface area (Å²) in [5.41, 5.74) is 2.18. The van der Waals surface area contributed by atoms with E-state index in [0.29, 0.717) is 0 Å². The molecule has 0 aliphatic carbocycles. The molecule has 0 spiro atoms. The molecule has 1 nitrogen and oxygen atoms in total. The van der Waals surface area contributed by atoms with Gasteiger partial charge in [-0.05, 0) is 47.9 Å². The van der Waals surface area contributed by atoms with Gasteiger partial charge in [0.15, 0.2) is 0 Å². The van der Waals surface area contributed by atoms with Gasteiger partial charge in [0.25, 0.3) is 0 Å². The Morgan fingerprint density at radius 3 is 2.47 bits per heavy atom. The predicted octanol–water partition coefficient (Wildman–Crippen LogP) is 5.63. The van der Waals surface area contributed by atoms with Gasteiger partial charge < -0.3 is 4.74 Å². The summed E-state index contributed by atoms with van der Waals surface area (Å²) < 4.78 is 6.22. The van der Waals surface area contributed by atoms with Crippen LogP contribution in [-0.4, -0.2) is 7.11 Å². The second-order valence-corrected chi connectivity index (χ2v) is 6.00. The summed E-state index contributed by atoms with van der Waals surface area (Å²) in [4.78, 5) is 0. The van der Waals surface area contributed by atoms with Crippen LogP contribution < -0.4 is 4.74 Å². The van der Waals surface area contributed by atoms with Crippen molar-refractivity contribution in [3.63, 3.8) is 0 Å². The fourth-order valence-corrected chi connectivity index (χ4v) is 2.97. The van der Waals surface area contributed by atoms with Crippen LogP contribution in [0.1, 0.15) is 16.5 Å². The van der Waals surface area contributed by atoms with Gasteiger partial charge in [0.05, 0.1) is 12.5 Å². The van der Waals surface area contributed by atoms with E-state index in [1.54, 1.807) is 7.11 Å². The lowest BCUT2D eigenvalue weighted by Crippen LogP contribution is -1.98. The molecule has 0 saturated heterocycles. The van der Waals surface area contributed by atoms with Gasteiger partial charge in [-0.3, -0.25) is 0 Å². The van der Waals surface area contributed by atoms with E-state index < -0.39 is 0 Å². The first-order valence-corrected chi connectivity index (χ1v) is 7.43. The quantitative estimate of drug-likeness (QED) is 0.642. The van der Waals surface area contributed by atoms with Gasteiger partial charge in [-0.1, -0.05) is 39.7 Å². The monoisotopic (exact) mass is 358 g/mol. The van der Waals surface area contributed by atoms with Gasteiger partial charge in [-0.15, -0.1) is 11.6 Å². The highest BCUT2D eigenvalue weighted by Crippen LogP contribution is 2.33. The number of halogens is 3. The normalized spacial score (nSPS) is 12.2. The van der Waals surface area contributed by atoms with E-state index in [9.17, 15) is 0 Å². The number of hydrogen-bond donors (Lipinski definition) is 0.